The van der Waals surface area contributed by atoms with Crippen molar-refractivity contribution in [3.8, 4) is 11.8 Å². The van der Waals surface area contributed by atoms with E-state index in [2.05, 4.69) is 11.8 Å². The SMILES string of the molecule is O=C1OCCN1Cc1ccc(F)c(C#CCO)c1. The maximum Gasteiger partial charge on any atom is 0.410 e. The molecular formula is C13H12FNO3. The Balaban J connectivity index is 2.16. The summed E-state index contributed by atoms with van der Waals surface area (Å²) in [5.74, 6) is 4.48. The third kappa shape index (κ3) is 2.79. The zero-order valence-electron chi connectivity index (χ0n) is 9.65. The number of aliphatic hydroxyl groups is 1. The predicted octanol–water partition coefficient (Wildman–Crippen LogP) is 1.12. The summed E-state index contributed by atoms with van der Waals surface area (Å²) >= 11 is 0. The smallest absolute Gasteiger partial charge is 0.410 e. The molecule has 0 spiro atoms. The second-order valence-corrected chi connectivity index (χ2v) is 3.81. The van der Waals surface area contributed by atoms with Crippen molar-refractivity contribution in [2.75, 3.05) is 19.8 Å². The van der Waals surface area contributed by atoms with E-state index in [1.165, 1.54) is 11.0 Å². The van der Waals surface area contributed by atoms with Gasteiger partial charge in [-0.3, -0.25) is 0 Å². The molecule has 1 saturated heterocycles. The number of aliphatic hydroxyl groups excluding tert-OH is 1. The molecule has 0 aliphatic carbocycles. The minimum absolute atomic E-state index is 0.217. The fourth-order valence-corrected chi connectivity index (χ4v) is 1.69. The Morgan fingerprint density at radius 2 is 2.33 bits per heavy atom. The molecule has 1 fully saturated rings. The number of hydrogen-bond acceptors (Lipinski definition) is 3. The van der Waals surface area contributed by atoms with Crippen LogP contribution in [0, 0.1) is 17.7 Å². The van der Waals surface area contributed by atoms with E-state index in [0.29, 0.717) is 19.7 Å². The minimum atomic E-state index is -0.441. The third-order valence-electron chi connectivity index (χ3n) is 2.55. The van der Waals surface area contributed by atoms with Gasteiger partial charge >= 0.3 is 6.09 Å². The molecule has 2 rings (SSSR count). The number of rotatable bonds is 2. The molecule has 1 amide bonds. The third-order valence-corrected chi connectivity index (χ3v) is 2.55. The first-order chi connectivity index (χ1) is 8.70. The Kier molecular flexibility index (Phi) is 3.80. The number of amides is 1. The van der Waals surface area contributed by atoms with Gasteiger partial charge in [-0.2, -0.15) is 0 Å². The standard InChI is InChI=1S/C13H12FNO3/c14-12-4-3-10(8-11(12)2-1-6-16)9-15-5-7-18-13(15)17/h3-4,8,16H,5-7,9H2. The summed E-state index contributed by atoms with van der Waals surface area (Å²) in [5, 5.41) is 8.59. The van der Waals surface area contributed by atoms with Crippen LogP contribution in [0.2, 0.25) is 0 Å². The van der Waals surface area contributed by atoms with Gasteiger partial charge < -0.3 is 14.7 Å². The number of ether oxygens (including phenoxy) is 1. The van der Waals surface area contributed by atoms with Crippen LogP contribution in [0.25, 0.3) is 0 Å². The summed E-state index contributed by atoms with van der Waals surface area (Å²) in [4.78, 5) is 12.8. The van der Waals surface area contributed by atoms with E-state index in [-0.39, 0.29) is 18.3 Å². The second kappa shape index (κ2) is 5.52. The first-order valence-electron chi connectivity index (χ1n) is 5.50. The average Bonchev–Trinajstić information content (AvgIpc) is 2.76. The van der Waals surface area contributed by atoms with Crippen LogP contribution >= 0.6 is 0 Å². The highest BCUT2D eigenvalue weighted by Crippen LogP contribution is 2.14. The molecule has 4 nitrogen and oxygen atoms in total. The molecule has 1 aromatic rings. The normalized spacial score (nSPS) is 14.1. The molecule has 1 aliphatic rings. The van der Waals surface area contributed by atoms with E-state index >= 15 is 0 Å². The van der Waals surface area contributed by atoms with Crippen molar-refractivity contribution in [2.24, 2.45) is 0 Å². The fraction of sp³-hybridized carbons (Fsp3) is 0.308. The van der Waals surface area contributed by atoms with Gasteiger partial charge in [-0.05, 0) is 17.7 Å². The summed E-state index contributed by atoms with van der Waals surface area (Å²) in [7, 11) is 0. The van der Waals surface area contributed by atoms with Gasteiger partial charge in [0.2, 0.25) is 0 Å². The van der Waals surface area contributed by atoms with Crippen molar-refractivity contribution in [2.45, 2.75) is 6.54 Å². The summed E-state index contributed by atoms with van der Waals surface area (Å²) in [6.45, 7) is 0.972. The van der Waals surface area contributed by atoms with Gasteiger partial charge in [0.05, 0.1) is 12.1 Å². The van der Waals surface area contributed by atoms with E-state index in [4.69, 9.17) is 9.84 Å². The van der Waals surface area contributed by atoms with Gasteiger partial charge in [-0.15, -0.1) is 0 Å². The summed E-state index contributed by atoms with van der Waals surface area (Å²) in [5.41, 5.74) is 0.992. The number of nitrogens with zero attached hydrogens (tertiary/aromatic N) is 1. The Morgan fingerprint density at radius 1 is 1.50 bits per heavy atom. The van der Waals surface area contributed by atoms with Crippen molar-refractivity contribution in [3.05, 3.63) is 35.1 Å². The van der Waals surface area contributed by atoms with E-state index < -0.39 is 5.82 Å². The van der Waals surface area contributed by atoms with Gasteiger partial charge in [0.25, 0.3) is 0 Å². The van der Waals surface area contributed by atoms with E-state index in [1.807, 2.05) is 0 Å². The first kappa shape index (κ1) is 12.4. The quantitative estimate of drug-likeness (QED) is 0.799. The van der Waals surface area contributed by atoms with E-state index in [0.717, 1.165) is 5.56 Å². The molecule has 0 unspecified atom stereocenters. The monoisotopic (exact) mass is 249 g/mol. The molecule has 5 heteroatoms. The highest BCUT2D eigenvalue weighted by Gasteiger charge is 2.21. The molecular weight excluding hydrogens is 237 g/mol. The van der Waals surface area contributed by atoms with Gasteiger partial charge in [0.15, 0.2) is 0 Å². The Hall–Kier alpha value is -2.06. The lowest BCUT2D eigenvalue weighted by Gasteiger charge is -2.12. The zero-order chi connectivity index (χ0) is 13.0. The van der Waals surface area contributed by atoms with Crippen molar-refractivity contribution in [1.82, 2.24) is 4.90 Å². The highest BCUT2D eigenvalue weighted by molar-refractivity contribution is 5.69. The Morgan fingerprint density at radius 3 is 3.00 bits per heavy atom. The molecule has 0 atom stereocenters. The van der Waals surface area contributed by atoms with Crippen LogP contribution in [-0.4, -0.2) is 35.9 Å². The van der Waals surface area contributed by atoms with Crippen LogP contribution in [0.4, 0.5) is 9.18 Å². The molecule has 18 heavy (non-hydrogen) atoms. The maximum absolute atomic E-state index is 13.4. The molecule has 0 aromatic heterocycles. The summed E-state index contributed by atoms with van der Waals surface area (Å²) in [6, 6.07) is 4.48. The van der Waals surface area contributed by atoms with Crippen molar-refractivity contribution >= 4 is 6.09 Å². The van der Waals surface area contributed by atoms with Gasteiger partial charge in [0.1, 0.15) is 19.0 Å². The number of cyclic esters (lactones) is 1. The van der Waals surface area contributed by atoms with Crippen molar-refractivity contribution in [1.29, 1.82) is 0 Å². The number of carbonyl (C=O) groups excluding carboxylic acids is 1. The predicted molar refractivity (Wildman–Crippen MR) is 62.1 cm³/mol. The van der Waals surface area contributed by atoms with Crippen molar-refractivity contribution < 1.29 is 19.0 Å². The van der Waals surface area contributed by atoms with Crippen LogP contribution in [-0.2, 0) is 11.3 Å². The summed E-state index contributed by atoms with van der Waals surface area (Å²) < 4.78 is 18.2. The van der Waals surface area contributed by atoms with Crippen LogP contribution in [0.15, 0.2) is 18.2 Å². The molecule has 0 radical (unpaired) electrons. The summed E-state index contributed by atoms with van der Waals surface area (Å²) in [6.07, 6.45) is -0.359. The lowest BCUT2D eigenvalue weighted by Crippen LogP contribution is -2.23. The topological polar surface area (TPSA) is 49.8 Å². The van der Waals surface area contributed by atoms with Crippen molar-refractivity contribution in [3.63, 3.8) is 0 Å². The van der Waals surface area contributed by atoms with E-state index in [9.17, 15) is 9.18 Å². The number of hydrogen-bond donors (Lipinski definition) is 1. The Labute approximate surface area is 104 Å². The molecule has 1 N–H and O–H groups in total. The zero-order valence-corrected chi connectivity index (χ0v) is 9.65. The molecule has 0 bridgehead atoms. The van der Waals surface area contributed by atoms with Gasteiger partial charge in [0, 0.05) is 6.54 Å². The maximum atomic E-state index is 13.4. The molecule has 0 saturated carbocycles. The fourth-order valence-electron chi connectivity index (χ4n) is 1.69. The first-order valence-corrected chi connectivity index (χ1v) is 5.50. The number of benzene rings is 1. The molecule has 1 aromatic carbocycles. The number of carbonyl (C=O) groups is 1. The lowest BCUT2D eigenvalue weighted by molar-refractivity contribution is 0.157. The molecule has 1 aliphatic heterocycles. The number of halogens is 1. The van der Waals surface area contributed by atoms with E-state index in [1.54, 1.807) is 12.1 Å². The average molecular weight is 249 g/mol. The molecule has 1 heterocycles. The second-order valence-electron chi connectivity index (χ2n) is 3.81. The Bertz CT molecular complexity index is 519. The van der Waals surface area contributed by atoms with Crippen LogP contribution in [0.3, 0.4) is 0 Å². The van der Waals surface area contributed by atoms with Crippen LogP contribution in [0.5, 0.6) is 0 Å². The largest absolute Gasteiger partial charge is 0.448 e. The molecule has 94 valence electrons. The van der Waals surface area contributed by atoms with Gasteiger partial charge in [-0.1, -0.05) is 17.9 Å². The highest BCUT2D eigenvalue weighted by atomic mass is 19.1. The van der Waals surface area contributed by atoms with Crippen LogP contribution in [0.1, 0.15) is 11.1 Å². The minimum Gasteiger partial charge on any atom is -0.448 e. The van der Waals surface area contributed by atoms with Crippen LogP contribution < -0.4 is 0 Å². The lowest BCUT2D eigenvalue weighted by atomic mass is 10.1. The van der Waals surface area contributed by atoms with Gasteiger partial charge in [-0.25, -0.2) is 9.18 Å².